The zero-order valence-electron chi connectivity index (χ0n) is 15.6. The molecule has 9 heteroatoms. The SMILES string of the molecule is O=c1cc(-c2ccccc2)oc2cc(O[C@@H]3OC(CO)[C@@H](O)[C@H](O)C3O)cc(O)c12. The summed E-state index contributed by atoms with van der Waals surface area (Å²) in [5.41, 5.74) is 0.254. The van der Waals surface area contributed by atoms with E-state index in [2.05, 4.69) is 0 Å². The largest absolute Gasteiger partial charge is 0.507 e. The average Bonchev–Trinajstić information content (AvgIpc) is 2.74. The third-order valence-corrected chi connectivity index (χ3v) is 4.94. The minimum absolute atomic E-state index is 0.0160. The second-order valence-corrected chi connectivity index (χ2v) is 6.97. The van der Waals surface area contributed by atoms with E-state index >= 15 is 0 Å². The predicted octanol–water partition coefficient (Wildman–Crippen LogP) is 0.344. The Balaban J connectivity index is 1.71. The first-order valence-corrected chi connectivity index (χ1v) is 9.22. The summed E-state index contributed by atoms with van der Waals surface area (Å²) in [6, 6.07) is 12.7. The zero-order chi connectivity index (χ0) is 21.4. The van der Waals surface area contributed by atoms with Gasteiger partial charge < -0.3 is 39.4 Å². The Bertz CT molecular complexity index is 1090. The van der Waals surface area contributed by atoms with Crippen molar-refractivity contribution in [2.24, 2.45) is 0 Å². The molecule has 1 fully saturated rings. The number of benzene rings is 2. The van der Waals surface area contributed by atoms with Crippen LogP contribution in [-0.4, -0.2) is 62.8 Å². The first-order valence-electron chi connectivity index (χ1n) is 9.22. The highest BCUT2D eigenvalue weighted by atomic mass is 16.7. The van der Waals surface area contributed by atoms with E-state index in [0.717, 1.165) is 6.07 Å². The van der Waals surface area contributed by atoms with Crippen molar-refractivity contribution in [1.29, 1.82) is 0 Å². The second kappa shape index (κ2) is 8.05. The summed E-state index contributed by atoms with van der Waals surface area (Å²) in [6.45, 7) is -0.608. The lowest BCUT2D eigenvalue weighted by atomic mass is 9.99. The van der Waals surface area contributed by atoms with E-state index in [1.54, 1.807) is 24.3 Å². The maximum Gasteiger partial charge on any atom is 0.229 e. The number of phenolic OH excluding ortho intramolecular Hbond substituents is 1. The van der Waals surface area contributed by atoms with E-state index in [0.29, 0.717) is 5.56 Å². The fourth-order valence-electron chi connectivity index (χ4n) is 3.36. The molecule has 5 atom stereocenters. The van der Waals surface area contributed by atoms with Gasteiger partial charge in [-0.05, 0) is 0 Å². The van der Waals surface area contributed by atoms with Gasteiger partial charge in [0.2, 0.25) is 6.29 Å². The van der Waals surface area contributed by atoms with Gasteiger partial charge in [0.25, 0.3) is 0 Å². The van der Waals surface area contributed by atoms with Gasteiger partial charge in [0.1, 0.15) is 52.6 Å². The number of aliphatic hydroxyl groups is 4. The van der Waals surface area contributed by atoms with Crippen molar-refractivity contribution in [2.45, 2.75) is 30.7 Å². The van der Waals surface area contributed by atoms with Gasteiger partial charge in [-0.3, -0.25) is 4.79 Å². The predicted molar refractivity (Wildman–Crippen MR) is 104 cm³/mol. The quantitative estimate of drug-likeness (QED) is 0.406. The van der Waals surface area contributed by atoms with E-state index in [1.165, 1.54) is 12.1 Å². The number of aromatic hydroxyl groups is 1. The summed E-state index contributed by atoms with van der Waals surface area (Å²) in [6.07, 6.45) is -7.35. The van der Waals surface area contributed by atoms with E-state index in [-0.39, 0.29) is 22.5 Å². The smallest absolute Gasteiger partial charge is 0.229 e. The van der Waals surface area contributed by atoms with Crippen molar-refractivity contribution in [2.75, 3.05) is 6.61 Å². The molecular weight excluding hydrogens is 396 g/mol. The standard InChI is InChI=1S/C21H20O9/c22-9-16-18(25)19(26)20(27)21(30-16)28-11-6-12(23)17-13(24)8-14(29-15(17)7-11)10-4-2-1-3-5-10/h1-8,16,18-23,25-27H,9H2/t16?,18-,19+,20?,21-/m1/s1. The van der Waals surface area contributed by atoms with Crippen LogP contribution in [0.4, 0.5) is 0 Å². The lowest BCUT2D eigenvalue weighted by molar-refractivity contribution is -0.277. The molecule has 5 N–H and O–H groups in total. The normalized spacial score (nSPS) is 26.6. The number of aliphatic hydroxyl groups excluding tert-OH is 4. The van der Waals surface area contributed by atoms with E-state index in [1.807, 2.05) is 6.07 Å². The average molecular weight is 416 g/mol. The molecule has 1 aliphatic rings. The molecule has 0 bridgehead atoms. The van der Waals surface area contributed by atoms with Crippen molar-refractivity contribution in [3.05, 3.63) is 58.8 Å². The van der Waals surface area contributed by atoms with Crippen molar-refractivity contribution >= 4 is 11.0 Å². The van der Waals surface area contributed by atoms with Gasteiger partial charge in [-0.25, -0.2) is 0 Å². The van der Waals surface area contributed by atoms with Crippen LogP contribution in [0, 0.1) is 0 Å². The Morgan fingerprint density at radius 2 is 1.70 bits per heavy atom. The van der Waals surface area contributed by atoms with Crippen LogP contribution in [0.1, 0.15) is 0 Å². The minimum atomic E-state index is -1.62. The number of hydrogen-bond donors (Lipinski definition) is 5. The monoisotopic (exact) mass is 416 g/mol. The molecule has 2 aromatic carbocycles. The molecule has 1 aromatic heterocycles. The lowest BCUT2D eigenvalue weighted by Gasteiger charge is -2.39. The number of hydrogen-bond acceptors (Lipinski definition) is 9. The van der Waals surface area contributed by atoms with E-state index < -0.39 is 48.5 Å². The highest BCUT2D eigenvalue weighted by Gasteiger charge is 2.44. The number of rotatable bonds is 4. The fourth-order valence-corrected chi connectivity index (χ4v) is 3.36. The van der Waals surface area contributed by atoms with Crippen LogP contribution in [0.15, 0.2) is 57.7 Å². The Kier molecular flexibility index (Phi) is 5.46. The van der Waals surface area contributed by atoms with Crippen molar-refractivity contribution < 1.29 is 39.4 Å². The van der Waals surface area contributed by atoms with Gasteiger partial charge in [-0.2, -0.15) is 0 Å². The molecule has 0 aliphatic carbocycles. The second-order valence-electron chi connectivity index (χ2n) is 6.97. The maximum atomic E-state index is 12.5. The zero-order valence-corrected chi connectivity index (χ0v) is 15.6. The van der Waals surface area contributed by atoms with Gasteiger partial charge in [0.15, 0.2) is 5.43 Å². The van der Waals surface area contributed by atoms with Crippen molar-refractivity contribution in [3.8, 4) is 22.8 Å². The highest BCUT2D eigenvalue weighted by Crippen LogP contribution is 2.33. The summed E-state index contributed by atoms with van der Waals surface area (Å²) < 4.78 is 16.6. The molecule has 9 nitrogen and oxygen atoms in total. The van der Waals surface area contributed by atoms with Crippen LogP contribution in [-0.2, 0) is 4.74 Å². The van der Waals surface area contributed by atoms with Gasteiger partial charge >= 0.3 is 0 Å². The third kappa shape index (κ3) is 3.64. The molecule has 1 saturated heterocycles. The lowest BCUT2D eigenvalue weighted by Crippen LogP contribution is -2.60. The number of ether oxygens (including phenoxy) is 2. The highest BCUT2D eigenvalue weighted by molar-refractivity contribution is 5.86. The summed E-state index contributed by atoms with van der Waals surface area (Å²) >= 11 is 0. The summed E-state index contributed by atoms with van der Waals surface area (Å²) in [4.78, 5) is 12.5. The Morgan fingerprint density at radius 1 is 0.967 bits per heavy atom. The minimum Gasteiger partial charge on any atom is -0.507 e. The molecule has 0 radical (unpaired) electrons. The van der Waals surface area contributed by atoms with Crippen molar-refractivity contribution in [1.82, 2.24) is 0 Å². The van der Waals surface area contributed by atoms with Crippen LogP contribution in [0.3, 0.4) is 0 Å². The Morgan fingerprint density at radius 3 is 2.40 bits per heavy atom. The first-order chi connectivity index (χ1) is 14.4. The third-order valence-electron chi connectivity index (χ3n) is 4.94. The van der Waals surface area contributed by atoms with Gasteiger partial charge in [-0.15, -0.1) is 0 Å². The summed E-state index contributed by atoms with van der Waals surface area (Å²) in [7, 11) is 0. The van der Waals surface area contributed by atoms with Gasteiger partial charge in [0, 0.05) is 23.8 Å². The Labute approximate surface area is 170 Å². The van der Waals surface area contributed by atoms with Crippen LogP contribution >= 0.6 is 0 Å². The van der Waals surface area contributed by atoms with E-state index in [4.69, 9.17) is 13.9 Å². The number of phenols is 1. The van der Waals surface area contributed by atoms with Crippen LogP contribution < -0.4 is 10.2 Å². The maximum absolute atomic E-state index is 12.5. The molecule has 4 rings (SSSR count). The fraction of sp³-hybridized carbons (Fsp3) is 0.286. The topological polar surface area (TPSA) is 150 Å². The molecule has 0 saturated carbocycles. The molecule has 2 unspecified atom stereocenters. The van der Waals surface area contributed by atoms with Gasteiger partial charge in [0.05, 0.1) is 6.61 Å². The molecule has 3 aromatic rings. The Hall–Kier alpha value is -2.95. The molecule has 30 heavy (non-hydrogen) atoms. The molecule has 1 aliphatic heterocycles. The summed E-state index contributed by atoms with van der Waals surface area (Å²) in [5.74, 6) is -0.129. The molecule has 2 heterocycles. The van der Waals surface area contributed by atoms with Crippen LogP contribution in [0.2, 0.25) is 0 Å². The van der Waals surface area contributed by atoms with E-state index in [9.17, 15) is 30.3 Å². The van der Waals surface area contributed by atoms with Crippen molar-refractivity contribution in [3.63, 3.8) is 0 Å². The number of fused-ring (bicyclic) bond motifs is 1. The van der Waals surface area contributed by atoms with Crippen LogP contribution in [0.5, 0.6) is 11.5 Å². The van der Waals surface area contributed by atoms with Crippen LogP contribution in [0.25, 0.3) is 22.3 Å². The van der Waals surface area contributed by atoms with Gasteiger partial charge in [-0.1, -0.05) is 30.3 Å². The molecule has 0 amide bonds. The summed E-state index contributed by atoms with van der Waals surface area (Å²) in [5, 5.41) is 49.4. The molecular formula is C21H20O9. The molecule has 0 spiro atoms. The molecule has 158 valence electrons. The first kappa shape index (κ1) is 20.3.